The fraction of sp³-hybridized carbons (Fsp3) is 0.214. The predicted octanol–water partition coefficient (Wildman–Crippen LogP) is 2.47. The second-order valence-corrected chi connectivity index (χ2v) is 4.02. The second kappa shape index (κ2) is 5.60. The van der Waals surface area contributed by atoms with Crippen molar-refractivity contribution >= 4 is 0 Å². The Bertz CT molecular complexity index is 513. The summed E-state index contributed by atoms with van der Waals surface area (Å²) in [4.78, 5) is 3.99. The van der Waals surface area contributed by atoms with Crippen LogP contribution in [-0.2, 0) is 6.42 Å². The third-order valence-electron chi connectivity index (χ3n) is 2.76. The highest BCUT2D eigenvalue weighted by molar-refractivity contribution is 5.34. The normalized spacial score (nSPS) is 12.2. The van der Waals surface area contributed by atoms with Gasteiger partial charge in [0, 0.05) is 0 Å². The Hall–Kier alpha value is -1.94. The van der Waals surface area contributed by atoms with Crippen molar-refractivity contribution in [3.8, 4) is 5.75 Å². The quantitative estimate of drug-likeness (QED) is 0.901. The molecule has 2 rings (SSSR count). The molecule has 1 aromatic carbocycles. The van der Waals surface area contributed by atoms with Crippen LogP contribution >= 0.6 is 0 Å². The van der Waals surface area contributed by atoms with Crippen molar-refractivity contribution < 1.29 is 9.13 Å². The van der Waals surface area contributed by atoms with Crippen molar-refractivity contribution in [2.75, 3.05) is 7.11 Å². The van der Waals surface area contributed by atoms with E-state index in [1.54, 1.807) is 13.2 Å². The minimum Gasteiger partial charge on any atom is -0.496 e. The maximum Gasteiger partial charge on any atom is 0.141 e. The fourth-order valence-corrected chi connectivity index (χ4v) is 1.82. The van der Waals surface area contributed by atoms with E-state index in [-0.39, 0.29) is 11.9 Å². The minimum atomic E-state index is -0.358. The van der Waals surface area contributed by atoms with Crippen LogP contribution in [0.3, 0.4) is 0 Å². The predicted molar refractivity (Wildman–Crippen MR) is 67.8 cm³/mol. The summed E-state index contributed by atoms with van der Waals surface area (Å²) in [5.41, 5.74) is 7.74. The van der Waals surface area contributed by atoms with Gasteiger partial charge in [-0.3, -0.25) is 4.98 Å². The number of hydrogen-bond acceptors (Lipinski definition) is 3. The van der Waals surface area contributed by atoms with Crippen molar-refractivity contribution in [2.24, 2.45) is 5.73 Å². The van der Waals surface area contributed by atoms with Gasteiger partial charge in [-0.1, -0.05) is 18.2 Å². The van der Waals surface area contributed by atoms with E-state index in [1.807, 2.05) is 24.3 Å². The zero-order valence-corrected chi connectivity index (χ0v) is 10.1. The monoisotopic (exact) mass is 246 g/mol. The van der Waals surface area contributed by atoms with E-state index in [2.05, 4.69) is 4.98 Å². The average Bonchev–Trinajstić information content (AvgIpc) is 2.40. The number of benzene rings is 1. The number of hydrogen-bond donors (Lipinski definition) is 1. The van der Waals surface area contributed by atoms with Crippen LogP contribution in [0.15, 0.2) is 42.6 Å². The van der Waals surface area contributed by atoms with Crippen LogP contribution in [0.5, 0.6) is 5.75 Å². The lowest BCUT2D eigenvalue weighted by atomic mass is 10.0. The molecule has 18 heavy (non-hydrogen) atoms. The van der Waals surface area contributed by atoms with E-state index in [1.165, 1.54) is 12.3 Å². The molecule has 0 fully saturated rings. The van der Waals surface area contributed by atoms with Crippen molar-refractivity contribution in [3.63, 3.8) is 0 Å². The minimum absolute atomic E-state index is 0.276. The van der Waals surface area contributed by atoms with E-state index in [9.17, 15) is 4.39 Å². The van der Waals surface area contributed by atoms with Gasteiger partial charge in [0.05, 0.1) is 25.0 Å². The highest BCUT2D eigenvalue weighted by Crippen LogP contribution is 2.22. The molecular weight excluding hydrogens is 231 g/mol. The summed E-state index contributed by atoms with van der Waals surface area (Å²) >= 11 is 0. The number of ether oxygens (including phenoxy) is 1. The van der Waals surface area contributed by atoms with Gasteiger partial charge in [0.2, 0.25) is 0 Å². The van der Waals surface area contributed by atoms with Gasteiger partial charge in [0.25, 0.3) is 0 Å². The molecule has 0 saturated heterocycles. The van der Waals surface area contributed by atoms with Crippen LogP contribution in [0.1, 0.15) is 17.3 Å². The number of aromatic nitrogens is 1. The van der Waals surface area contributed by atoms with E-state index in [0.29, 0.717) is 12.1 Å². The molecule has 0 aliphatic carbocycles. The number of halogens is 1. The highest BCUT2D eigenvalue weighted by atomic mass is 19.1. The van der Waals surface area contributed by atoms with Crippen LogP contribution in [-0.4, -0.2) is 12.1 Å². The van der Waals surface area contributed by atoms with Crippen LogP contribution < -0.4 is 10.5 Å². The summed E-state index contributed by atoms with van der Waals surface area (Å²) in [7, 11) is 1.63. The maximum atomic E-state index is 12.8. The molecule has 0 spiro atoms. The summed E-state index contributed by atoms with van der Waals surface area (Å²) in [6, 6.07) is 10.4. The molecule has 1 atom stereocenters. The molecule has 4 heteroatoms. The van der Waals surface area contributed by atoms with Gasteiger partial charge in [-0.15, -0.1) is 0 Å². The smallest absolute Gasteiger partial charge is 0.141 e. The van der Waals surface area contributed by atoms with E-state index < -0.39 is 0 Å². The Balaban J connectivity index is 2.15. The molecule has 1 aromatic heterocycles. The summed E-state index contributed by atoms with van der Waals surface area (Å²) in [6.45, 7) is 0. The molecule has 1 unspecified atom stereocenters. The summed E-state index contributed by atoms with van der Waals surface area (Å²) in [5, 5.41) is 0. The van der Waals surface area contributed by atoms with E-state index in [0.717, 1.165) is 11.3 Å². The zero-order valence-electron chi connectivity index (χ0n) is 10.1. The Morgan fingerprint density at radius 1 is 1.28 bits per heavy atom. The number of methoxy groups -OCH3 is 1. The highest BCUT2D eigenvalue weighted by Gasteiger charge is 2.11. The molecular formula is C14H15FN2O. The van der Waals surface area contributed by atoms with Crippen molar-refractivity contribution in [2.45, 2.75) is 12.5 Å². The first kappa shape index (κ1) is 12.5. The largest absolute Gasteiger partial charge is 0.496 e. The van der Waals surface area contributed by atoms with Crippen LogP contribution in [0.2, 0.25) is 0 Å². The topological polar surface area (TPSA) is 48.1 Å². The Labute approximate surface area is 105 Å². The van der Waals surface area contributed by atoms with Gasteiger partial charge >= 0.3 is 0 Å². The third kappa shape index (κ3) is 2.84. The molecule has 0 amide bonds. The lowest BCUT2D eigenvalue weighted by Gasteiger charge is -2.13. The molecule has 3 nitrogen and oxygen atoms in total. The Morgan fingerprint density at radius 2 is 2.06 bits per heavy atom. The number of pyridine rings is 1. The number of nitrogens with zero attached hydrogens (tertiary/aromatic N) is 1. The first-order chi connectivity index (χ1) is 8.70. The maximum absolute atomic E-state index is 12.8. The molecule has 0 aliphatic rings. The van der Waals surface area contributed by atoms with E-state index in [4.69, 9.17) is 10.5 Å². The van der Waals surface area contributed by atoms with Crippen LogP contribution in [0, 0.1) is 5.82 Å². The second-order valence-electron chi connectivity index (χ2n) is 4.02. The first-order valence-corrected chi connectivity index (χ1v) is 5.69. The Morgan fingerprint density at radius 3 is 2.72 bits per heavy atom. The van der Waals surface area contributed by atoms with Crippen molar-refractivity contribution in [1.82, 2.24) is 4.98 Å². The van der Waals surface area contributed by atoms with Gasteiger partial charge in [-0.25, -0.2) is 4.39 Å². The molecule has 1 heterocycles. The lowest BCUT2D eigenvalue weighted by molar-refractivity contribution is 0.408. The molecule has 0 saturated carbocycles. The van der Waals surface area contributed by atoms with Gasteiger partial charge < -0.3 is 10.5 Å². The molecule has 2 N–H and O–H groups in total. The van der Waals surface area contributed by atoms with Gasteiger partial charge in [-0.05, 0) is 30.2 Å². The molecule has 2 aromatic rings. The summed E-state index contributed by atoms with van der Waals surface area (Å²) in [5.74, 6) is 0.443. The SMILES string of the molecule is COc1ccccc1CC(N)c1ccc(F)cn1. The molecule has 0 bridgehead atoms. The zero-order chi connectivity index (χ0) is 13.0. The molecule has 94 valence electrons. The lowest BCUT2D eigenvalue weighted by Crippen LogP contribution is -2.15. The molecule has 0 radical (unpaired) electrons. The summed E-state index contributed by atoms with van der Waals surface area (Å²) < 4.78 is 18.0. The first-order valence-electron chi connectivity index (χ1n) is 5.69. The third-order valence-corrected chi connectivity index (χ3v) is 2.76. The van der Waals surface area contributed by atoms with Crippen LogP contribution in [0.25, 0.3) is 0 Å². The van der Waals surface area contributed by atoms with Crippen LogP contribution in [0.4, 0.5) is 4.39 Å². The average molecular weight is 246 g/mol. The summed E-state index contributed by atoms with van der Waals surface area (Å²) in [6.07, 6.45) is 1.78. The fourth-order valence-electron chi connectivity index (χ4n) is 1.82. The van der Waals surface area contributed by atoms with Gasteiger partial charge in [0.1, 0.15) is 11.6 Å². The van der Waals surface area contributed by atoms with Gasteiger partial charge in [-0.2, -0.15) is 0 Å². The van der Waals surface area contributed by atoms with Crippen molar-refractivity contribution in [3.05, 3.63) is 59.7 Å². The van der Waals surface area contributed by atoms with Gasteiger partial charge in [0.15, 0.2) is 0 Å². The number of rotatable bonds is 4. The number of para-hydroxylation sites is 1. The Kier molecular flexibility index (Phi) is 3.89. The number of nitrogens with two attached hydrogens (primary N) is 1. The standard InChI is InChI=1S/C14H15FN2O/c1-18-14-5-3-2-4-10(14)8-12(16)13-7-6-11(15)9-17-13/h2-7,9,12H,8,16H2,1H3. The van der Waals surface area contributed by atoms with E-state index >= 15 is 0 Å². The molecule has 0 aliphatic heterocycles. The van der Waals surface area contributed by atoms with Crippen molar-refractivity contribution in [1.29, 1.82) is 0 Å².